The van der Waals surface area contributed by atoms with Gasteiger partial charge in [0.1, 0.15) is 18.0 Å². The Bertz CT molecular complexity index is 1130. The number of rotatable bonds is 6. The van der Waals surface area contributed by atoms with Gasteiger partial charge in [0.15, 0.2) is 0 Å². The molecule has 0 bridgehead atoms. The van der Waals surface area contributed by atoms with Crippen molar-refractivity contribution in [3.8, 4) is 0 Å². The van der Waals surface area contributed by atoms with Gasteiger partial charge < -0.3 is 15.0 Å². The Morgan fingerprint density at radius 1 is 1.20 bits per heavy atom. The van der Waals surface area contributed by atoms with Crippen LogP contribution in [-0.4, -0.2) is 35.0 Å². The smallest absolute Gasteiger partial charge is 0.354 e. The molecular weight excluding hydrogens is 400 g/mol. The maximum atomic E-state index is 14.0. The van der Waals surface area contributed by atoms with Crippen molar-refractivity contribution in [3.05, 3.63) is 76.1 Å². The Kier molecular flexibility index (Phi) is 5.81. The molecule has 0 saturated carbocycles. The van der Waals surface area contributed by atoms with E-state index in [1.807, 2.05) is 0 Å². The van der Waals surface area contributed by atoms with Gasteiger partial charge in [-0.1, -0.05) is 12.1 Å². The molecular formula is C19H15F2N5O4. The second kappa shape index (κ2) is 8.47. The first-order valence-electron chi connectivity index (χ1n) is 8.46. The SMILES string of the molecule is COC(=O)c1ccccc1N(C)c1ncnc(Nc2cc(F)ccc2F)c1[N+](=O)[O-]. The number of esters is 1. The lowest BCUT2D eigenvalue weighted by atomic mass is 10.1. The topological polar surface area (TPSA) is 110 Å². The van der Waals surface area contributed by atoms with Crippen LogP contribution in [0, 0.1) is 21.7 Å². The zero-order chi connectivity index (χ0) is 21.8. The van der Waals surface area contributed by atoms with E-state index in [0.717, 1.165) is 24.5 Å². The summed E-state index contributed by atoms with van der Waals surface area (Å²) in [5, 5.41) is 14.2. The van der Waals surface area contributed by atoms with Crippen molar-refractivity contribution in [2.45, 2.75) is 0 Å². The first-order valence-corrected chi connectivity index (χ1v) is 8.46. The van der Waals surface area contributed by atoms with Gasteiger partial charge in [-0.25, -0.2) is 23.5 Å². The molecule has 0 aliphatic carbocycles. The highest BCUT2D eigenvalue weighted by Crippen LogP contribution is 2.37. The quantitative estimate of drug-likeness (QED) is 0.366. The number of hydrogen-bond donors (Lipinski definition) is 1. The first kappa shape index (κ1) is 20.6. The third-order valence-electron chi connectivity index (χ3n) is 4.16. The van der Waals surface area contributed by atoms with E-state index in [2.05, 4.69) is 15.3 Å². The molecule has 11 heteroatoms. The molecule has 0 fully saturated rings. The molecule has 0 saturated heterocycles. The lowest BCUT2D eigenvalue weighted by molar-refractivity contribution is -0.383. The van der Waals surface area contributed by atoms with Crippen LogP contribution in [0.4, 0.5) is 37.5 Å². The lowest BCUT2D eigenvalue weighted by Crippen LogP contribution is -2.18. The molecule has 0 unspecified atom stereocenters. The summed E-state index contributed by atoms with van der Waals surface area (Å²) >= 11 is 0. The Morgan fingerprint density at radius 2 is 1.93 bits per heavy atom. The Hall–Kier alpha value is -4.15. The maximum Gasteiger partial charge on any atom is 0.354 e. The largest absolute Gasteiger partial charge is 0.465 e. The van der Waals surface area contributed by atoms with Crippen molar-refractivity contribution in [2.75, 3.05) is 24.4 Å². The van der Waals surface area contributed by atoms with Gasteiger partial charge in [0.25, 0.3) is 0 Å². The number of benzene rings is 2. The van der Waals surface area contributed by atoms with Crippen LogP contribution in [0.1, 0.15) is 10.4 Å². The molecule has 3 aromatic rings. The molecule has 30 heavy (non-hydrogen) atoms. The molecule has 1 N–H and O–H groups in total. The summed E-state index contributed by atoms with van der Waals surface area (Å²) in [5.41, 5.74) is -0.487. The van der Waals surface area contributed by atoms with E-state index in [4.69, 9.17) is 4.74 Å². The molecule has 0 atom stereocenters. The van der Waals surface area contributed by atoms with Gasteiger partial charge >= 0.3 is 11.7 Å². The minimum absolute atomic E-state index is 0.154. The van der Waals surface area contributed by atoms with Crippen molar-refractivity contribution >= 4 is 34.7 Å². The van der Waals surface area contributed by atoms with Crippen molar-refractivity contribution in [3.63, 3.8) is 0 Å². The maximum absolute atomic E-state index is 14.0. The molecule has 1 aromatic heterocycles. The standard InChI is InChI=1S/C19H15F2N5O4/c1-25(15-6-4-3-5-12(15)19(27)30-2)18-16(26(28)29)17(22-10-23-18)24-14-9-11(20)7-8-13(14)21/h3-10H,1-2H3,(H,22,23,24). The number of para-hydroxylation sites is 1. The minimum atomic E-state index is -0.824. The minimum Gasteiger partial charge on any atom is -0.465 e. The van der Waals surface area contributed by atoms with Crippen LogP contribution in [0.5, 0.6) is 0 Å². The zero-order valence-corrected chi connectivity index (χ0v) is 15.8. The van der Waals surface area contributed by atoms with Gasteiger partial charge in [-0.3, -0.25) is 10.1 Å². The highest BCUT2D eigenvalue weighted by Gasteiger charge is 2.28. The average Bonchev–Trinajstić information content (AvgIpc) is 2.74. The predicted molar refractivity (Wildman–Crippen MR) is 104 cm³/mol. The average molecular weight is 415 g/mol. The van der Waals surface area contributed by atoms with Crippen LogP contribution in [0.25, 0.3) is 0 Å². The van der Waals surface area contributed by atoms with Gasteiger partial charge in [-0.2, -0.15) is 0 Å². The van der Waals surface area contributed by atoms with Gasteiger partial charge in [0.2, 0.25) is 11.6 Å². The van der Waals surface area contributed by atoms with E-state index in [1.165, 1.54) is 25.1 Å². The van der Waals surface area contributed by atoms with E-state index in [-0.39, 0.29) is 28.6 Å². The van der Waals surface area contributed by atoms with Crippen LogP contribution in [0.15, 0.2) is 48.8 Å². The summed E-state index contributed by atoms with van der Waals surface area (Å²) in [5.74, 6) is -2.73. The third-order valence-corrected chi connectivity index (χ3v) is 4.16. The van der Waals surface area contributed by atoms with Crippen molar-refractivity contribution in [1.29, 1.82) is 0 Å². The molecule has 3 rings (SSSR count). The van der Waals surface area contributed by atoms with Crippen molar-refractivity contribution in [1.82, 2.24) is 9.97 Å². The van der Waals surface area contributed by atoms with E-state index in [1.54, 1.807) is 18.2 Å². The first-order chi connectivity index (χ1) is 14.3. The lowest BCUT2D eigenvalue weighted by Gasteiger charge is -2.21. The number of aromatic nitrogens is 2. The van der Waals surface area contributed by atoms with Crippen LogP contribution < -0.4 is 10.2 Å². The molecule has 0 amide bonds. The summed E-state index contributed by atoms with van der Waals surface area (Å²) in [4.78, 5) is 32.2. The fourth-order valence-corrected chi connectivity index (χ4v) is 2.76. The number of carbonyl (C=O) groups excluding carboxylic acids is 1. The number of methoxy groups -OCH3 is 1. The number of carbonyl (C=O) groups is 1. The monoisotopic (exact) mass is 415 g/mol. The summed E-state index contributed by atoms with van der Waals surface area (Å²) in [7, 11) is 2.67. The Balaban J connectivity index is 2.11. The molecule has 2 aromatic carbocycles. The summed E-state index contributed by atoms with van der Waals surface area (Å²) in [6.45, 7) is 0. The van der Waals surface area contributed by atoms with E-state index in [9.17, 15) is 23.7 Å². The van der Waals surface area contributed by atoms with Crippen LogP contribution >= 0.6 is 0 Å². The van der Waals surface area contributed by atoms with Crippen molar-refractivity contribution in [2.24, 2.45) is 0 Å². The number of ether oxygens (including phenoxy) is 1. The number of nitrogens with one attached hydrogen (secondary N) is 1. The fourth-order valence-electron chi connectivity index (χ4n) is 2.76. The third kappa shape index (κ3) is 3.99. The van der Waals surface area contributed by atoms with Gasteiger partial charge in [0, 0.05) is 13.1 Å². The molecule has 154 valence electrons. The fraction of sp³-hybridized carbons (Fsp3) is 0.105. The van der Waals surface area contributed by atoms with Crippen LogP contribution in [-0.2, 0) is 4.74 Å². The number of anilines is 4. The summed E-state index contributed by atoms with van der Waals surface area (Å²) in [6, 6.07) is 8.92. The number of nitrogens with zero attached hydrogens (tertiary/aromatic N) is 4. The predicted octanol–water partition coefficient (Wildman–Crippen LogP) is 3.96. The van der Waals surface area contributed by atoms with Crippen LogP contribution in [0.2, 0.25) is 0 Å². The summed E-state index contributed by atoms with van der Waals surface area (Å²) < 4.78 is 32.2. The molecule has 0 aliphatic rings. The normalized spacial score (nSPS) is 10.4. The second-order valence-electron chi connectivity index (χ2n) is 5.97. The van der Waals surface area contributed by atoms with Gasteiger partial charge in [-0.05, 0) is 24.3 Å². The van der Waals surface area contributed by atoms with E-state index < -0.39 is 28.2 Å². The summed E-state index contributed by atoms with van der Waals surface area (Å²) in [6.07, 6.45) is 1.03. The van der Waals surface area contributed by atoms with Gasteiger partial charge in [0.05, 0.1) is 29.0 Å². The number of halogens is 2. The Labute approximate surface area is 169 Å². The highest BCUT2D eigenvalue weighted by atomic mass is 19.1. The number of hydrogen-bond acceptors (Lipinski definition) is 8. The van der Waals surface area contributed by atoms with Gasteiger partial charge in [-0.15, -0.1) is 0 Å². The molecule has 0 radical (unpaired) electrons. The zero-order valence-electron chi connectivity index (χ0n) is 15.8. The molecule has 1 heterocycles. The van der Waals surface area contributed by atoms with E-state index in [0.29, 0.717) is 0 Å². The van der Waals surface area contributed by atoms with Crippen LogP contribution in [0.3, 0.4) is 0 Å². The van der Waals surface area contributed by atoms with E-state index >= 15 is 0 Å². The molecule has 0 spiro atoms. The second-order valence-corrected chi connectivity index (χ2v) is 5.97. The van der Waals surface area contributed by atoms with Crippen molar-refractivity contribution < 1.29 is 23.2 Å². The molecule has 9 nitrogen and oxygen atoms in total. The Morgan fingerprint density at radius 3 is 2.63 bits per heavy atom. The number of nitro groups is 1. The highest BCUT2D eigenvalue weighted by molar-refractivity contribution is 5.97. The molecule has 0 aliphatic heterocycles.